The second-order valence-corrected chi connectivity index (χ2v) is 7.88. The van der Waals surface area contributed by atoms with Crippen molar-refractivity contribution in [2.75, 3.05) is 0 Å². The third kappa shape index (κ3) is 2.71. The molecule has 1 aliphatic carbocycles. The van der Waals surface area contributed by atoms with Crippen LogP contribution in [0.25, 0.3) is 33.7 Å². The molecule has 1 aliphatic rings. The summed E-state index contributed by atoms with van der Waals surface area (Å²) in [6.45, 7) is 0. The SMILES string of the molecule is Brc1ccc(-c2nc3nc4ccccc4nc3n2C2CCCCC2)cc1. The van der Waals surface area contributed by atoms with Gasteiger partial charge >= 0.3 is 0 Å². The van der Waals surface area contributed by atoms with E-state index in [0.29, 0.717) is 6.04 Å². The van der Waals surface area contributed by atoms with Crippen LogP contribution in [0.5, 0.6) is 0 Å². The molecule has 0 atom stereocenters. The molecule has 4 aromatic rings. The van der Waals surface area contributed by atoms with Gasteiger partial charge in [0.2, 0.25) is 0 Å². The summed E-state index contributed by atoms with van der Waals surface area (Å²) in [6.07, 6.45) is 6.23. The second kappa shape index (κ2) is 6.47. The fourth-order valence-electron chi connectivity index (χ4n) is 3.96. The molecule has 0 spiro atoms. The van der Waals surface area contributed by atoms with Crippen molar-refractivity contribution in [3.63, 3.8) is 0 Å². The molecule has 0 N–H and O–H groups in total. The molecule has 0 saturated heterocycles. The van der Waals surface area contributed by atoms with E-state index in [1.165, 1.54) is 32.1 Å². The van der Waals surface area contributed by atoms with Crippen molar-refractivity contribution in [1.29, 1.82) is 0 Å². The minimum atomic E-state index is 0.447. The number of aromatic nitrogens is 4. The number of imidazole rings is 1. The zero-order valence-corrected chi connectivity index (χ0v) is 16.0. The van der Waals surface area contributed by atoms with Gasteiger partial charge in [0, 0.05) is 16.1 Å². The molecule has 2 aromatic carbocycles. The van der Waals surface area contributed by atoms with Crippen LogP contribution >= 0.6 is 15.9 Å². The molecule has 0 radical (unpaired) electrons. The van der Waals surface area contributed by atoms with Crippen LogP contribution in [0.15, 0.2) is 53.0 Å². The third-order valence-corrected chi connectivity index (χ3v) is 5.77. The van der Waals surface area contributed by atoms with Crippen molar-refractivity contribution < 1.29 is 0 Å². The number of fused-ring (bicyclic) bond motifs is 2. The lowest BCUT2D eigenvalue weighted by Gasteiger charge is -2.25. The summed E-state index contributed by atoms with van der Waals surface area (Å²) in [5.41, 5.74) is 4.60. The first-order chi connectivity index (χ1) is 12.8. The highest BCUT2D eigenvalue weighted by atomic mass is 79.9. The predicted molar refractivity (Wildman–Crippen MR) is 108 cm³/mol. The maximum absolute atomic E-state index is 4.95. The summed E-state index contributed by atoms with van der Waals surface area (Å²) in [5, 5.41) is 0. The van der Waals surface area contributed by atoms with E-state index in [4.69, 9.17) is 15.0 Å². The van der Waals surface area contributed by atoms with Crippen LogP contribution in [0, 0.1) is 0 Å². The molecule has 1 saturated carbocycles. The molecule has 2 aromatic heterocycles. The van der Waals surface area contributed by atoms with Crippen LogP contribution in [-0.4, -0.2) is 19.5 Å². The zero-order chi connectivity index (χ0) is 17.5. The summed E-state index contributed by atoms with van der Waals surface area (Å²) >= 11 is 3.53. The normalized spacial score (nSPS) is 15.7. The molecule has 4 nitrogen and oxygen atoms in total. The lowest BCUT2D eigenvalue weighted by Crippen LogP contribution is -2.14. The summed E-state index contributed by atoms with van der Waals surface area (Å²) in [4.78, 5) is 14.7. The molecule has 26 heavy (non-hydrogen) atoms. The average Bonchev–Trinajstić information content (AvgIpc) is 3.05. The minimum Gasteiger partial charge on any atom is -0.304 e. The fraction of sp³-hybridized carbons (Fsp3) is 0.286. The minimum absolute atomic E-state index is 0.447. The first kappa shape index (κ1) is 15.9. The first-order valence-corrected chi connectivity index (χ1v) is 9.99. The monoisotopic (exact) mass is 406 g/mol. The molecule has 0 bridgehead atoms. The molecule has 0 aliphatic heterocycles. The largest absolute Gasteiger partial charge is 0.304 e. The Morgan fingerprint density at radius 3 is 2.23 bits per heavy atom. The van der Waals surface area contributed by atoms with E-state index in [-0.39, 0.29) is 0 Å². The molecular formula is C21H19BrN4. The molecule has 0 amide bonds. The van der Waals surface area contributed by atoms with E-state index < -0.39 is 0 Å². The maximum Gasteiger partial charge on any atom is 0.198 e. The van der Waals surface area contributed by atoms with Gasteiger partial charge in [-0.2, -0.15) is 0 Å². The first-order valence-electron chi connectivity index (χ1n) is 9.20. The van der Waals surface area contributed by atoms with E-state index in [1.807, 2.05) is 24.3 Å². The Morgan fingerprint density at radius 1 is 0.808 bits per heavy atom. The van der Waals surface area contributed by atoms with Gasteiger partial charge in [-0.3, -0.25) is 0 Å². The van der Waals surface area contributed by atoms with Gasteiger partial charge in [-0.05, 0) is 37.1 Å². The summed E-state index contributed by atoms with van der Waals surface area (Å²) in [6, 6.07) is 16.8. The molecule has 5 rings (SSSR count). The number of hydrogen-bond donors (Lipinski definition) is 0. The molecular weight excluding hydrogens is 388 g/mol. The zero-order valence-electron chi connectivity index (χ0n) is 14.4. The number of nitrogens with zero attached hydrogens (tertiary/aromatic N) is 4. The molecule has 130 valence electrons. The fourth-order valence-corrected chi connectivity index (χ4v) is 4.22. The molecule has 1 fully saturated rings. The topological polar surface area (TPSA) is 43.6 Å². The highest BCUT2D eigenvalue weighted by molar-refractivity contribution is 9.10. The predicted octanol–water partition coefficient (Wildman–Crippen LogP) is 5.91. The van der Waals surface area contributed by atoms with Crippen LogP contribution in [0.2, 0.25) is 0 Å². The number of hydrogen-bond acceptors (Lipinski definition) is 3. The van der Waals surface area contributed by atoms with Gasteiger partial charge < -0.3 is 4.57 Å². The van der Waals surface area contributed by atoms with E-state index in [2.05, 4.69) is 44.8 Å². The maximum atomic E-state index is 4.95. The van der Waals surface area contributed by atoms with Gasteiger partial charge in [-0.25, -0.2) is 15.0 Å². The smallest absolute Gasteiger partial charge is 0.198 e. The van der Waals surface area contributed by atoms with Crippen LogP contribution in [0.1, 0.15) is 38.1 Å². The molecule has 2 heterocycles. The quantitative estimate of drug-likeness (QED) is 0.415. The Labute approximate surface area is 160 Å². The number of para-hydroxylation sites is 2. The molecule has 5 heteroatoms. The Kier molecular flexibility index (Phi) is 3.97. The Bertz CT molecular complexity index is 1080. The number of rotatable bonds is 2. The van der Waals surface area contributed by atoms with Crippen molar-refractivity contribution in [2.24, 2.45) is 0 Å². The van der Waals surface area contributed by atoms with Gasteiger partial charge in [-0.1, -0.05) is 59.5 Å². The highest BCUT2D eigenvalue weighted by Crippen LogP contribution is 2.35. The van der Waals surface area contributed by atoms with Crippen LogP contribution in [0.4, 0.5) is 0 Å². The van der Waals surface area contributed by atoms with E-state index in [9.17, 15) is 0 Å². The second-order valence-electron chi connectivity index (χ2n) is 6.96. The Balaban J connectivity index is 1.78. The van der Waals surface area contributed by atoms with Gasteiger partial charge in [0.25, 0.3) is 0 Å². The lowest BCUT2D eigenvalue weighted by molar-refractivity contribution is 0.361. The van der Waals surface area contributed by atoms with Crippen molar-refractivity contribution in [3.8, 4) is 11.4 Å². The van der Waals surface area contributed by atoms with Gasteiger partial charge in [0.1, 0.15) is 5.82 Å². The van der Waals surface area contributed by atoms with Crippen LogP contribution in [-0.2, 0) is 0 Å². The molecule has 0 unspecified atom stereocenters. The standard InChI is InChI=1S/C21H19BrN4/c22-15-12-10-14(11-13-15)20-25-19-21(26(20)16-6-2-1-3-7-16)24-18-9-5-4-8-17(18)23-19/h4-5,8-13,16H,1-3,6-7H2. The number of benzene rings is 2. The van der Waals surface area contributed by atoms with E-state index >= 15 is 0 Å². The summed E-state index contributed by atoms with van der Waals surface area (Å²) in [5.74, 6) is 0.981. The Hall–Kier alpha value is -2.27. The Morgan fingerprint density at radius 2 is 1.50 bits per heavy atom. The van der Waals surface area contributed by atoms with Gasteiger partial charge in [-0.15, -0.1) is 0 Å². The van der Waals surface area contributed by atoms with Gasteiger partial charge in [0.15, 0.2) is 11.3 Å². The van der Waals surface area contributed by atoms with Crippen LogP contribution in [0.3, 0.4) is 0 Å². The number of halogens is 1. The third-order valence-electron chi connectivity index (χ3n) is 5.24. The lowest BCUT2D eigenvalue weighted by atomic mass is 9.95. The summed E-state index contributed by atoms with van der Waals surface area (Å²) < 4.78 is 3.42. The summed E-state index contributed by atoms with van der Waals surface area (Å²) in [7, 11) is 0. The van der Waals surface area contributed by atoms with Crippen molar-refractivity contribution in [1.82, 2.24) is 19.5 Å². The average molecular weight is 407 g/mol. The van der Waals surface area contributed by atoms with Gasteiger partial charge in [0.05, 0.1) is 11.0 Å². The van der Waals surface area contributed by atoms with Crippen molar-refractivity contribution in [3.05, 3.63) is 53.0 Å². The highest BCUT2D eigenvalue weighted by Gasteiger charge is 2.24. The van der Waals surface area contributed by atoms with Crippen molar-refractivity contribution in [2.45, 2.75) is 38.1 Å². The van der Waals surface area contributed by atoms with E-state index in [0.717, 1.165) is 38.2 Å². The van der Waals surface area contributed by atoms with E-state index in [1.54, 1.807) is 0 Å². The van der Waals surface area contributed by atoms with Crippen LogP contribution < -0.4 is 0 Å². The van der Waals surface area contributed by atoms with Crippen molar-refractivity contribution >= 4 is 38.3 Å².